The van der Waals surface area contributed by atoms with Gasteiger partial charge in [0.15, 0.2) is 0 Å². The third-order valence-corrected chi connectivity index (χ3v) is 4.48. The third kappa shape index (κ3) is 3.27. The largest absolute Gasteiger partial charge is 0.463 e. The summed E-state index contributed by atoms with van der Waals surface area (Å²) in [5, 5.41) is 1.05. The molecule has 0 saturated heterocycles. The van der Waals surface area contributed by atoms with Gasteiger partial charge in [-0.05, 0) is 12.1 Å². The molecule has 0 amide bonds. The highest BCUT2D eigenvalue weighted by Gasteiger charge is 2.19. The summed E-state index contributed by atoms with van der Waals surface area (Å²) in [6.45, 7) is 6.63. The lowest BCUT2D eigenvalue weighted by atomic mass is 10.4. The molecule has 5 nitrogen and oxygen atoms in total. The molecule has 0 aliphatic rings. The number of furan rings is 1. The molecule has 2 heterocycles. The molecule has 106 valence electrons. The molecule has 0 fully saturated rings. The predicted octanol–water partition coefficient (Wildman–Crippen LogP) is 2.80. The Morgan fingerprint density at radius 1 is 1.20 bits per heavy atom. The van der Waals surface area contributed by atoms with Crippen molar-refractivity contribution < 1.29 is 18.7 Å². The number of carbonyl (C=O) groups is 1. The predicted molar refractivity (Wildman–Crippen MR) is 77.3 cm³/mol. The van der Waals surface area contributed by atoms with Crippen molar-refractivity contribution in [2.24, 2.45) is 0 Å². The van der Waals surface area contributed by atoms with Gasteiger partial charge in [-0.15, -0.1) is 0 Å². The zero-order valence-corrected chi connectivity index (χ0v) is 13.0. The topological polar surface area (TPSA) is 61.6 Å². The fraction of sp³-hybridized carbons (Fsp3) is 0.286. The standard InChI is InChI=1S/C14H17NO4Si/c1-17-14(16)10-8-9-13(18-10)19-11-6-5-7-12(15-11)20(2,3)4/h5-9H,1-4H3. The van der Waals surface area contributed by atoms with E-state index in [2.05, 4.69) is 29.4 Å². The molecule has 0 atom stereocenters. The quantitative estimate of drug-likeness (QED) is 0.640. The number of ether oxygens (including phenoxy) is 2. The average Bonchev–Trinajstić information content (AvgIpc) is 2.85. The first-order valence-corrected chi connectivity index (χ1v) is 9.73. The fourth-order valence-corrected chi connectivity index (χ4v) is 2.62. The van der Waals surface area contributed by atoms with Crippen LogP contribution >= 0.6 is 0 Å². The minimum absolute atomic E-state index is 0.101. The van der Waals surface area contributed by atoms with Crippen molar-refractivity contribution in [3.63, 3.8) is 0 Å². The van der Waals surface area contributed by atoms with Crippen LogP contribution in [0.25, 0.3) is 0 Å². The number of aromatic nitrogens is 1. The van der Waals surface area contributed by atoms with E-state index < -0.39 is 14.0 Å². The lowest BCUT2D eigenvalue weighted by molar-refractivity contribution is 0.0560. The second-order valence-corrected chi connectivity index (χ2v) is 10.3. The molecule has 2 rings (SSSR count). The smallest absolute Gasteiger partial charge is 0.374 e. The maximum Gasteiger partial charge on any atom is 0.374 e. The normalized spacial score (nSPS) is 11.2. The average molecular weight is 291 g/mol. The Morgan fingerprint density at radius 3 is 2.60 bits per heavy atom. The van der Waals surface area contributed by atoms with Crippen molar-refractivity contribution in [2.45, 2.75) is 19.6 Å². The molecule has 0 radical (unpaired) electrons. The molecular weight excluding hydrogens is 274 g/mol. The summed E-state index contributed by atoms with van der Waals surface area (Å²) in [5.41, 5.74) is 0. The van der Waals surface area contributed by atoms with E-state index in [9.17, 15) is 4.79 Å². The molecule has 0 bridgehead atoms. The van der Waals surface area contributed by atoms with E-state index in [-0.39, 0.29) is 11.7 Å². The van der Waals surface area contributed by atoms with Crippen molar-refractivity contribution in [3.05, 3.63) is 36.1 Å². The van der Waals surface area contributed by atoms with E-state index in [1.807, 2.05) is 12.1 Å². The number of pyridine rings is 1. The van der Waals surface area contributed by atoms with E-state index in [0.717, 1.165) is 5.32 Å². The van der Waals surface area contributed by atoms with E-state index in [1.165, 1.54) is 13.2 Å². The molecular formula is C14H17NO4Si. The van der Waals surface area contributed by atoms with E-state index in [0.29, 0.717) is 5.88 Å². The lowest BCUT2D eigenvalue weighted by Crippen LogP contribution is -2.39. The Morgan fingerprint density at radius 2 is 1.95 bits per heavy atom. The Balaban J connectivity index is 2.18. The van der Waals surface area contributed by atoms with Crippen LogP contribution in [0, 0.1) is 0 Å². The minimum atomic E-state index is -1.50. The molecule has 0 aliphatic heterocycles. The first-order valence-electron chi connectivity index (χ1n) is 6.23. The lowest BCUT2D eigenvalue weighted by Gasteiger charge is -2.15. The highest BCUT2D eigenvalue weighted by Crippen LogP contribution is 2.22. The highest BCUT2D eigenvalue weighted by atomic mass is 28.3. The van der Waals surface area contributed by atoms with Gasteiger partial charge in [-0.3, -0.25) is 0 Å². The van der Waals surface area contributed by atoms with Crippen LogP contribution in [0.4, 0.5) is 0 Å². The Labute approximate surface area is 118 Å². The summed E-state index contributed by atoms with van der Waals surface area (Å²) < 4.78 is 15.3. The molecule has 6 heteroatoms. The van der Waals surface area contributed by atoms with Gasteiger partial charge >= 0.3 is 5.97 Å². The fourth-order valence-electron chi connectivity index (χ4n) is 1.58. The van der Waals surface area contributed by atoms with Gasteiger partial charge in [0.1, 0.15) is 8.07 Å². The zero-order chi connectivity index (χ0) is 14.8. The SMILES string of the molecule is COC(=O)c1ccc(Oc2cccc([Si](C)(C)C)n2)o1. The maximum absolute atomic E-state index is 11.3. The molecule has 0 unspecified atom stereocenters. The molecule has 0 aromatic carbocycles. The number of nitrogens with zero attached hydrogens (tertiary/aromatic N) is 1. The van der Waals surface area contributed by atoms with Gasteiger partial charge in [0, 0.05) is 17.4 Å². The highest BCUT2D eigenvalue weighted by molar-refractivity contribution is 6.88. The van der Waals surface area contributed by atoms with Gasteiger partial charge in [-0.2, -0.15) is 0 Å². The Bertz CT molecular complexity index is 616. The monoisotopic (exact) mass is 291 g/mol. The number of esters is 1. The van der Waals surface area contributed by atoms with Crippen molar-refractivity contribution in [1.29, 1.82) is 0 Å². The summed E-state index contributed by atoms with van der Waals surface area (Å²) >= 11 is 0. The summed E-state index contributed by atoms with van der Waals surface area (Å²) in [6.07, 6.45) is 0. The van der Waals surface area contributed by atoms with Crippen LogP contribution in [0.2, 0.25) is 19.6 Å². The van der Waals surface area contributed by atoms with Crippen LogP contribution in [-0.2, 0) is 4.74 Å². The van der Waals surface area contributed by atoms with Gasteiger partial charge < -0.3 is 13.9 Å². The van der Waals surface area contributed by atoms with E-state index >= 15 is 0 Å². The van der Waals surface area contributed by atoms with Crippen LogP contribution in [0.3, 0.4) is 0 Å². The van der Waals surface area contributed by atoms with Crippen LogP contribution in [0.1, 0.15) is 10.6 Å². The second kappa shape index (κ2) is 5.50. The first-order chi connectivity index (χ1) is 9.40. The second-order valence-electron chi connectivity index (χ2n) is 5.32. The Hall–Kier alpha value is -2.08. The summed E-state index contributed by atoms with van der Waals surface area (Å²) in [6, 6.07) is 8.73. The van der Waals surface area contributed by atoms with Crippen molar-refractivity contribution >= 4 is 19.4 Å². The number of rotatable bonds is 4. The third-order valence-electron chi connectivity index (χ3n) is 2.67. The van der Waals surface area contributed by atoms with Crippen LogP contribution in [0.15, 0.2) is 34.7 Å². The number of hydrogen-bond donors (Lipinski definition) is 0. The summed E-state index contributed by atoms with van der Waals surface area (Å²) in [5.74, 6) is 0.230. The van der Waals surface area contributed by atoms with Crippen LogP contribution in [-0.4, -0.2) is 26.1 Å². The van der Waals surface area contributed by atoms with E-state index in [4.69, 9.17) is 9.15 Å². The first kappa shape index (κ1) is 14.3. The molecule has 0 aliphatic carbocycles. The van der Waals surface area contributed by atoms with Crippen molar-refractivity contribution in [3.8, 4) is 11.8 Å². The molecule has 0 spiro atoms. The van der Waals surface area contributed by atoms with Crippen molar-refractivity contribution in [1.82, 2.24) is 4.98 Å². The molecule has 2 aromatic rings. The van der Waals surface area contributed by atoms with Crippen LogP contribution in [0.5, 0.6) is 11.8 Å². The molecule has 20 heavy (non-hydrogen) atoms. The van der Waals surface area contributed by atoms with Gasteiger partial charge in [0.05, 0.1) is 7.11 Å². The van der Waals surface area contributed by atoms with Crippen LogP contribution < -0.4 is 10.1 Å². The summed E-state index contributed by atoms with van der Waals surface area (Å²) in [4.78, 5) is 15.8. The number of hydrogen-bond acceptors (Lipinski definition) is 5. The van der Waals surface area contributed by atoms with Gasteiger partial charge in [0.2, 0.25) is 11.6 Å². The van der Waals surface area contributed by atoms with E-state index in [1.54, 1.807) is 12.1 Å². The van der Waals surface area contributed by atoms with Gasteiger partial charge in [-0.25, -0.2) is 9.78 Å². The van der Waals surface area contributed by atoms with Gasteiger partial charge in [-0.1, -0.05) is 25.7 Å². The van der Waals surface area contributed by atoms with Crippen molar-refractivity contribution in [2.75, 3.05) is 7.11 Å². The Kier molecular flexibility index (Phi) is 3.94. The number of methoxy groups -OCH3 is 1. The zero-order valence-electron chi connectivity index (χ0n) is 12.0. The molecule has 0 saturated carbocycles. The van der Waals surface area contributed by atoms with Gasteiger partial charge in [0.25, 0.3) is 5.95 Å². The number of carbonyl (C=O) groups excluding carboxylic acids is 1. The summed E-state index contributed by atoms with van der Waals surface area (Å²) in [7, 11) is -0.200. The minimum Gasteiger partial charge on any atom is -0.463 e. The maximum atomic E-state index is 11.3. The molecule has 0 N–H and O–H groups in total. The molecule has 2 aromatic heterocycles.